The average Bonchev–Trinajstić information content (AvgIpc) is 2.88. The Kier molecular flexibility index (Phi) is 6.81. The van der Waals surface area contributed by atoms with Gasteiger partial charge >= 0.3 is 0 Å². The van der Waals surface area contributed by atoms with Crippen molar-refractivity contribution in [2.24, 2.45) is 0 Å². The Bertz CT molecular complexity index is 737. The number of hydrogen-bond donors (Lipinski definition) is 2. The minimum absolute atomic E-state index is 0.0374. The molecule has 24 heavy (non-hydrogen) atoms. The molecule has 0 aliphatic rings. The van der Waals surface area contributed by atoms with Crippen LogP contribution in [0.3, 0.4) is 0 Å². The lowest BCUT2D eigenvalue weighted by Crippen LogP contribution is -2.03. The zero-order valence-electron chi connectivity index (χ0n) is 13.0. The minimum Gasteiger partial charge on any atom is -0.507 e. The number of carbonyl (C=O) groups excluding carboxylic acids is 1. The second kappa shape index (κ2) is 8.43. The van der Waals surface area contributed by atoms with E-state index in [-0.39, 0.29) is 30.6 Å². The highest BCUT2D eigenvalue weighted by molar-refractivity contribution is 7.18. The summed E-state index contributed by atoms with van der Waals surface area (Å²) in [5.74, 6) is -1.22. The van der Waals surface area contributed by atoms with E-state index in [9.17, 15) is 15.0 Å². The fourth-order valence-corrected chi connectivity index (χ4v) is 3.95. The largest absolute Gasteiger partial charge is 0.507 e. The molecule has 1 heterocycles. The number of ketones is 1. The Labute approximate surface area is 159 Å². The van der Waals surface area contributed by atoms with Gasteiger partial charge in [-0.05, 0) is 30.5 Å². The number of aryl methyl sites for hydroxylation is 1. The molecule has 0 radical (unpaired) electrons. The molecule has 0 amide bonds. The fourth-order valence-electron chi connectivity index (χ4n) is 2.41. The average molecular weight is 408 g/mol. The van der Waals surface area contributed by atoms with Gasteiger partial charge in [0.25, 0.3) is 0 Å². The summed E-state index contributed by atoms with van der Waals surface area (Å²) in [4.78, 5) is 12.9. The van der Waals surface area contributed by atoms with Crippen LogP contribution in [0.15, 0.2) is 12.1 Å². The van der Waals surface area contributed by atoms with Crippen LogP contribution in [0.2, 0.25) is 14.4 Å². The van der Waals surface area contributed by atoms with Crippen molar-refractivity contribution in [3.63, 3.8) is 0 Å². The summed E-state index contributed by atoms with van der Waals surface area (Å²) in [6.07, 6.45) is 4.68. The lowest BCUT2D eigenvalue weighted by atomic mass is 9.99. The number of hydrogen-bond acceptors (Lipinski definition) is 4. The van der Waals surface area contributed by atoms with Crippen LogP contribution >= 0.6 is 46.1 Å². The molecule has 7 heteroatoms. The van der Waals surface area contributed by atoms with Crippen LogP contribution in [-0.4, -0.2) is 16.0 Å². The molecule has 0 bridgehead atoms. The van der Waals surface area contributed by atoms with Crippen LogP contribution in [-0.2, 0) is 6.42 Å². The molecule has 130 valence electrons. The van der Waals surface area contributed by atoms with Gasteiger partial charge in [0.05, 0.1) is 14.9 Å². The number of thiophene rings is 1. The van der Waals surface area contributed by atoms with Crippen molar-refractivity contribution in [1.29, 1.82) is 0 Å². The Morgan fingerprint density at radius 1 is 1.04 bits per heavy atom. The first-order valence-corrected chi connectivity index (χ1v) is 9.54. The number of phenols is 2. The maximum absolute atomic E-state index is 12.6. The van der Waals surface area contributed by atoms with Crippen molar-refractivity contribution in [1.82, 2.24) is 0 Å². The Balaban J connectivity index is 2.37. The maximum atomic E-state index is 12.6. The molecule has 0 fully saturated rings. The van der Waals surface area contributed by atoms with E-state index in [4.69, 9.17) is 34.8 Å². The summed E-state index contributed by atoms with van der Waals surface area (Å²) in [5.41, 5.74) is 0.341. The topological polar surface area (TPSA) is 57.5 Å². The number of carbonyl (C=O) groups is 1. The summed E-state index contributed by atoms with van der Waals surface area (Å²) in [6, 6.07) is 2.92. The van der Waals surface area contributed by atoms with E-state index in [0.29, 0.717) is 12.0 Å². The second-order valence-corrected chi connectivity index (χ2v) is 7.93. The molecule has 1 aromatic carbocycles. The zero-order valence-corrected chi connectivity index (χ0v) is 16.1. The monoisotopic (exact) mass is 406 g/mol. The molecule has 2 aromatic rings. The normalized spacial score (nSPS) is 11.0. The lowest BCUT2D eigenvalue weighted by molar-refractivity contribution is 0.103. The van der Waals surface area contributed by atoms with Crippen LogP contribution in [0.4, 0.5) is 0 Å². The second-order valence-electron chi connectivity index (χ2n) is 5.46. The summed E-state index contributed by atoms with van der Waals surface area (Å²) >= 11 is 18.8. The molecule has 0 atom stereocenters. The molecular formula is C17H17Cl3O3S. The third-order valence-electron chi connectivity index (χ3n) is 3.70. The molecule has 2 N–H and O–H groups in total. The molecule has 0 saturated heterocycles. The van der Waals surface area contributed by atoms with E-state index in [1.165, 1.54) is 12.1 Å². The summed E-state index contributed by atoms with van der Waals surface area (Å²) in [6.45, 7) is 2.11. The molecule has 0 saturated carbocycles. The predicted octanol–water partition coefficient (Wildman–Crippen LogP) is 6.47. The van der Waals surface area contributed by atoms with Gasteiger partial charge in [-0.1, -0.05) is 61.0 Å². The van der Waals surface area contributed by atoms with E-state index in [0.717, 1.165) is 37.0 Å². The highest BCUT2D eigenvalue weighted by Gasteiger charge is 2.25. The molecule has 0 spiro atoms. The highest BCUT2D eigenvalue weighted by Crippen LogP contribution is 2.41. The van der Waals surface area contributed by atoms with Crippen molar-refractivity contribution in [3.8, 4) is 11.5 Å². The number of benzene rings is 1. The fraction of sp³-hybridized carbons (Fsp3) is 0.353. The van der Waals surface area contributed by atoms with Gasteiger partial charge in [-0.25, -0.2) is 0 Å². The SMILES string of the molecule is CCCCCCc1cc(Cl)c(O)c(C(=O)c2cc(Cl)c(Cl)s2)c1O. The van der Waals surface area contributed by atoms with Gasteiger partial charge in [0, 0.05) is 0 Å². The van der Waals surface area contributed by atoms with Gasteiger partial charge in [0.1, 0.15) is 21.4 Å². The summed E-state index contributed by atoms with van der Waals surface area (Å²) in [5, 5.41) is 20.9. The van der Waals surface area contributed by atoms with E-state index < -0.39 is 11.5 Å². The smallest absolute Gasteiger partial charge is 0.210 e. The lowest BCUT2D eigenvalue weighted by Gasteiger charge is -2.12. The highest BCUT2D eigenvalue weighted by atomic mass is 35.5. The van der Waals surface area contributed by atoms with Crippen molar-refractivity contribution in [2.75, 3.05) is 0 Å². The van der Waals surface area contributed by atoms with Gasteiger partial charge in [-0.2, -0.15) is 0 Å². The Morgan fingerprint density at radius 2 is 1.75 bits per heavy atom. The predicted molar refractivity (Wildman–Crippen MR) is 100 cm³/mol. The number of unbranched alkanes of at least 4 members (excludes halogenated alkanes) is 3. The molecule has 2 rings (SSSR count). The van der Waals surface area contributed by atoms with Gasteiger partial charge < -0.3 is 10.2 Å². The van der Waals surface area contributed by atoms with Crippen molar-refractivity contribution < 1.29 is 15.0 Å². The maximum Gasteiger partial charge on any atom is 0.210 e. The molecular weight excluding hydrogens is 391 g/mol. The Hall–Kier alpha value is -0.940. The minimum atomic E-state index is -0.555. The summed E-state index contributed by atoms with van der Waals surface area (Å²) in [7, 11) is 0. The number of halogens is 3. The van der Waals surface area contributed by atoms with E-state index >= 15 is 0 Å². The standard InChI is InChI=1S/C17H17Cl3O3S/c1-2-3-4-5-6-9-7-10(18)15(22)13(14(9)21)16(23)12-8-11(19)17(20)24-12/h7-8,21-22H,2-6H2,1H3. The molecule has 3 nitrogen and oxygen atoms in total. The zero-order chi connectivity index (χ0) is 17.9. The Morgan fingerprint density at radius 3 is 2.33 bits per heavy atom. The molecule has 0 unspecified atom stereocenters. The van der Waals surface area contributed by atoms with E-state index in [1.54, 1.807) is 0 Å². The first-order valence-electron chi connectivity index (χ1n) is 7.59. The van der Waals surface area contributed by atoms with Gasteiger partial charge in [0.15, 0.2) is 0 Å². The third-order valence-corrected chi connectivity index (χ3v) is 5.85. The van der Waals surface area contributed by atoms with Gasteiger partial charge in [-0.15, -0.1) is 11.3 Å². The van der Waals surface area contributed by atoms with Crippen LogP contribution in [0.25, 0.3) is 0 Å². The first-order chi connectivity index (χ1) is 11.4. The van der Waals surface area contributed by atoms with Crippen LogP contribution in [0, 0.1) is 0 Å². The van der Waals surface area contributed by atoms with Crippen molar-refractivity contribution in [3.05, 3.63) is 42.5 Å². The number of phenolic OH excluding ortho intramolecular Hbond substituents is 2. The quantitative estimate of drug-likeness (QED) is 0.408. The molecule has 0 aliphatic heterocycles. The number of rotatable bonds is 7. The van der Waals surface area contributed by atoms with Crippen LogP contribution in [0.1, 0.15) is 53.4 Å². The van der Waals surface area contributed by atoms with Crippen LogP contribution < -0.4 is 0 Å². The molecule has 1 aromatic heterocycles. The molecule has 0 aliphatic carbocycles. The van der Waals surface area contributed by atoms with Crippen LogP contribution in [0.5, 0.6) is 11.5 Å². The summed E-state index contributed by atoms with van der Waals surface area (Å²) < 4.78 is 0.279. The van der Waals surface area contributed by atoms with Crippen molar-refractivity contribution >= 4 is 51.9 Å². The number of aromatic hydroxyl groups is 2. The van der Waals surface area contributed by atoms with Gasteiger partial charge in [-0.3, -0.25) is 4.79 Å². The van der Waals surface area contributed by atoms with Gasteiger partial charge in [0.2, 0.25) is 5.78 Å². The van der Waals surface area contributed by atoms with Crippen molar-refractivity contribution in [2.45, 2.75) is 39.0 Å². The third kappa shape index (κ3) is 4.17. The van der Waals surface area contributed by atoms with E-state index in [2.05, 4.69) is 6.92 Å². The van der Waals surface area contributed by atoms with E-state index in [1.807, 2.05) is 0 Å². The first kappa shape index (κ1) is 19.4.